The number of likely N-dealkylation sites (tertiary alicyclic amines) is 1. The highest BCUT2D eigenvalue weighted by Crippen LogP contribution is 2.40. The van der Waals surface area contributed by atoms with Gasteiger partial charge in [-0.1, -0.05) is 12.1 Å². The summed E-state index contributed by atoms with van der Waals surface area (Å²) in [5.41, 5.74) is 4.36. The van der Waals surface area contributed by atoms with E-state index in [-0.39, 0.29) is 11.2 Å². The standard InChI is InChI=1S/C20H25FN4O/c1-14-17-11-26-13-20(18(17)23-19(22-14)24(2)3)8-9-25(12-20)10-15-4-6-16(21)7-5-15/h4-7H,8-13H2,1-3H3. The van der Waals surface area contributed by atoms with Crippen molar-refractivity contribution in [2.75, 3.05) is 38.7 Å². The number of aromatic nitrogens is 2. The minimum Gasteiger partial charge on any atom is -0.376 e. The highest BCUT2D eigenvalue weighted by molar-refractivity contribution is 5.41. The van der Waals surface area contributed by atoms with Crippen LogP contribution in [0.2, 0.25) is 0 Å². The van der Waals surface area contributed by atoms with Crippen molar-refractivity contribution < 1.29 is 9.13 Å². The third-order valence-electron chi connectivity index (χ3n) is 5.48. The molecule has 0 aliphatic carbocycles. The average Bonchev–Trinajstić information content (AvgIpc) is 3.01. The fraction of sp³-hybridized carbons (Fsp3) is 0.500. The molecular formula is C20H25FN4O. The third kappa shape index (κ3) is 3.08. The Morgan fingerprint density at radius 1 is 1.23 bits per heavy atom. The van der Waals surface area contributed by atoms with Crippen LogP contribution in [-0.4, -0.2) is 48.7 Å². The van der Waals surface area contributed by atoms with Crippen LogP contribution < -0.4 is 4.90 Å². The van der Waals surface area contributed by atoms with Gasteiger partial charge < -0.3 is 9.64 Å². The monoisotopic (exact) mass is 356 g/mol. The van der Waals surface area contributed by atoms with Crippen molar-refractivity contribution in [2.45, 2.75) is 31.9 Å². The van der Waals surface area contributed by atoms with Crippen molar-refractivity contribution in [3.63, 3.8) is 0 Å². The van der Waals surface area contributed by atoms with Crippen LogP contribution in [0.4, 0.5) is 10.3 Å². The fourth-order valence-corrected chi connectivity index (χ4v) is 4.06. The van der Waals surface area contributed by atoms with Crippen LogP contribution in [-0.2, 0) is 23.3 Å². The zero-order valence-corrected chi connectivity index (χ0v) is 15.6. The molecule has 0 radical (unpaired) electrons. The molecule has 3 heterocycles. The van der Waals surface area contributed by atoms with Gasteiger partial charge >= 0.3 is 0 Å². The Kier molecular flexibility index (Phi) is 4.40. The lowest BCUT2D eigenvalue weighted by atomic mass is 9.80. The van der Waals surface area contributed by atoms with Gasteiger partial charge in [-0.3, -0.25) is 4.90 Å². The van der Waals surface area contributed by atoms with E-state index in [0.717, 1.165) is 54.5 Å². The van der Waals surface area contributed by atoms with Crippen molar-refractivity contribution in [3.05, 3.63) is 52.6 Å². The number of aryl methyl sites for hydroxylation is 1. The van der Waals surface area contributed by atoms with E-state index >= 15 is 0 Å². The van der Waals surface area contributed by atoms with Crippen LogP contribution in [0.25, 0.3) is 0 Å². The van der Waals surface area contributed by atoms with Gasteiger partial charge in [0, 0.05) is 38.4 Å². The maximum atomic E-state index is 13.1. The Balaban J connectivity index is 1.61. The molecule has 26 heavy (non-hydrogen) atoms. The number of fused-ring (bicyclic) bond motifs is 2. The van der Waals surface area contributed by atoms with Crippen LogP contribution in [0.3, 0.4) is 0 Å². The normalized spacial score (nSPS) is 22.6. The number of ether oxygens (including phenoxy) is 1. The highest BCUT2D eigenvalue weighted by atomic mass is 19.1. The van der Waals surface area contributed by atoms with Crippen LogP contribution in [0, 0.1) is 12.7 Å². The fourth-order valence-electron chi connectivity index (χ4n) is 4.06. The zero-order chi connectivity index (χ0) is 18.3. The molecule has 2 aromatic rings. The Hall–Kier alpha value is -2.05. The van der Waals surface area contributed by atoms with E-state index in [9.17, 15) is 4.39 Å². The average molecular weight is 356 g/mol. The topological polar surface area (TPSA) is 41.5 Å². The van der Waals surface area contributed by atoms with E-state index in [4.69, 9.17) is 9.72 Å². The summed E-state index contributed by atoms with van der Waals surface area (Å²) in [6.45, 7) is 6.04. The van der Waals surface area contributed by atoms with E-state index in [2.05, 4.69) is 9.88 Å². The molecule has 4 rings (SSSR count). The van der Waals surface area contributed by atoms with Gasteiger partial charge in [-0.25, -0.2) is 14.4 Å². The van der Waals surface area contributed by atoms with E-state index < -0.39 is 0 Å². The predicted octanol–water partition coefficient (Wildman–Crippen LogP) is 2.66. The SMILES string of the molecule is Cc1nc(N(C)C)nc2c1COCC21CCN(Cc2ccc(F)cc2)C1. The Morgan fingerprint density at radius 3 is 2.73 bits per heavy atom. The molecular weight excluding hydrogens is 331 g/mol. The second-order valence-corrected chi connectivity index (χ2v) is 7.69. The van der Waals surface area contributed by atoms with Gasteiger partial charge in [0.25, 0.3) is 0 Å². The van der Waals surface area contributed by atoms with E-state index in [1.165, 1.54) is 12.1 Å². The number of benzene rings is 1. The maximum Gasteiger partial charge on any atom is 0.225 e. The van der Waals surface area contributed by atoms with E-state index in [0.29, 0.717) is 13.2 Å². The van der Waals surface area contributed by atoms with Crippen LogP contribution in [0.1, 0.15) is 28.9 Å². The predicted molar refractivity (Wildman–Crippen MR) is 98.7 cm³/mol. The number of nitrogens with zero attached hydrogens (tertiary/aromatic N) is 4. The quantitative estimate of drug-likeness (QED) is 0.846. The summed E-state index contributed by atoms with van der Waals surface area (Å²) in [7, 11) is 3.95. The minimum absolute atomic E-state index is 0.0773. The van der Waals surface area contributed by atoms with Gasteiger partial charge in [0.15, 0.2) is 0 Å². The summed E-state index contributed by atoms with van der Waals surface area (Å²) < 4.78 is 19.1. The molecule has 1 fully saturated rings. The van der Waals surface area contributed by atoms with Crippen LogP contribution in [0.15, 0.2) is 24.3 Å². The second-order valence-electron chi connectivity index (χ2n) is 7.69. The number of hydrogen-bond donors (Lipinski definition) is 0. The van der Waals surface area contributed by atoms with Crippen molar-refractivity contribution >= 4 is 5.95 Å². The Bertz CT molecular complexity index is 808. The molecule has 0 bridgehead atoms. The molecule has 1 spiro atoms. The van der Waals surface area contributed by atoms with Crippen LogP contribution >= 0.6 is 0 Å². The first-order valence-corrected chi connectivity index (χ1v) is 9.07. The van der Waals surface area contributed by atoms with Crippen LogP contribution in [0.5, 0.6) is 0 Å². The molecule has 6 heteroatoms. The van der Waals surface area contributed by atoms with Gasteiger partial charge in [-0.05, 0) is 37.6 Å². The van der Waals surface area contributed by atoms with Crippen molar-refractivity contribution in [3.8, 4) is 0 Å². The molecule has 1 aromatic heterocycles. The second kappa shape index (κ2) is 6.59. The smallest absolute Gasteiger partial charge is 0.225 e. The van der Waals surface area contributed by atoms with Gasteiger partial charge in [0.2, 0.25) is 5.95 Å². The molecule has 1 atom stereocenters. The van der Waals surface area contributed by atoms with Gasteiger partial charge in [0.05, 0.1) is 24.3 Å². The van der Waals surface area contributed by atoms with Gasteiger partial charge in [0.1, 0.15) is 5.82 Å². The zero-order valence-electron chi connectivity index (χ0n) is 15.6. The molecule has 5 nitrogen and oxygen atoms in total. The molecule has 1 aromatic carbocycles. The molecule has 1 unspecified atom stereocenters. The number of rotatable bonds is 3. The summed E-state index contributed by atoms with van der Waals surface area (Å²) in [6, 6.07) is 6.78. The number of halogens is 1. The lowest BCUT2D eigenvalue weighted by Gasteiger charge is -2.35. The molecule has 2 aliphatic rings. The Morgan fingerprint density at radius 2 is 2.00 bits per heavy atom. The third-order valence-corrected chi connectivity index (χ3v) is 5.48. The van der Waals surface area contributed by atoms with Crippen molar-refractivity contribution in [1.82, 2.24) is 14.9 Å². The Labute approximate surface area is 153 Å². The van der Waals surface area contributed by atoms with Gasteiger partial charge in [-0.2, -0.15) is 0 Å². The summed E-state index contributed by atoms with van der Waals surface area (Å²) in [5, 5.41) is 0. The largest absolute Gasteiger partial charge is 0.376 e. The lowest BCUT2D eigenvalue weighted by molar-refractivity contribution is 0.0498. The molecule has 0 N–H and O–H groups in total. The van der Waals surface area contributed by atoms with E-state index in [1.54, 1.807) is 0 Å². The summed E-state index contributed by atoms with van der Waals surface area (Å²) in [5.74, 6) is 0.573. The molecule has 138 valence electrons. The number of hydrogen-bond acceptors (Lipinski definition) is 5. The summed E-state index contributed by atoms with van der Waals surface area (Å²) in [6.07, 6.45) is 1.02. The molecule has 1 saturated heterocycles. The molecule has 0 amide bonds. The van der Waals surface area contributed by atoms with Crippen molar-refractivity contribution in [2.24, 2.45) is 0 Å². The molecule has 0 saturated carbocycles. The first kappa shape index (κ1) is 17.4. The summed E-state index contributed by atoms with van der Waals surface area (Å²) >= 11 is 0. The minimum atomic E-state index is -0.190. The lowest BCUT2D eigenvalue weighted by Crippen LogP contribution is -2.41. The first-order chi connectivity index (χ1) is 12.5. The number of anilines is 1. The summed E-state index contributed by atoms with van der Waals surface area (Å²) in [4.78, 5) is 13.9. The highest BCUT2D eigenvalue weighted by Gasteiger charge is 2.45. The van der Waals surface area contributed by atoms with Crippen molar-refractivity contribution in [1.29, 1.82) is 0 Å². The maximum absolute atomic E-state index is 13.1. The first-order valence-electron chi connectivity index (χ1n) is 9.07. The van der Waals surface area contributed by atoms with E-state index in [1.807, 2.05) is 38.1 Å². The van der Waals surface area contributed by atoms with Gasteiger partial charge in [-0.15, -0.1) is 0 Å². The molecule has 2 aliphatic heterocycles.